The van der Waals surface area contributed by atoms with Gasteiger partial charge in [-0.25, -0.2) is 0 Å². The van der Waals surface area contributed by atoms with E-state index >= 15 is 0 Å². The summed E-state index contributed by atoms with van der Waals surface area (Å²) in [4.78, 5) is 26.0. The number of halogens is 1. The van der Waals surface area contributed by atoms with Crippen molar-refractivity contribution in [3.8, 4) is 0 Å². The molecule has 23 heavy (non-hydrogen) atoms. The summed E-state index contributed by atoms with van der Waals surface area (Å²) in [5, 5.41) is 3.60. The van der Waals surface area contributed by atoms with Crippen LogP contribution in [0.3, 0.4) is 0 Å². The average molecular weight is 339 g/mol. The molecule has 0 radical (unpaired) electrons. The van der Waals surface area contributed by atoms with Gasteiger partial charge >= 0.3 is 0 Å². The molecule has 5 nitrogen and oxygen atoms in total. The van der Waals surface area contributed by atoms with Crippen LogP contribution < -0.4 is 5.32 Å². The smallest absolute Gasteiger partial charge is 0.223 e. The zero-order valence-electron chi connectivity index (χ0n) is 13.6. The van der Waals surface area contributed by atoms with Gasteiger partial charge in [0.2, 0.25) is 11.8 Å². The molecule has 0 atom stereocenters. The molecule has 2 rings (SSSR count). The van der Waals surface area contributed by atoms with Crippen LogP contribution in [0.1, 0.15) is 32.3 Å². The van der Waals surface area contributed by atoms with Crippen LogP contribution in [0, 0.1) is 0 Å². The van der Waals surface area contributed by atoms with Crippen molar-refractivity contribution in [2.45, 2.75) is 32.2 Å². The van der Waals surface area contributed by atoms with Gasteiger partial charge in [-0.1, -0.05) is 23.7 Å². The first-order valence-corrected chi connectivity index (χ1v) is 8.19. The lowest BCUT2D eigenvalue weighted by atomic mass is 9.94. The highest BCUT2D eigenvalue weighted by atomic mass is 35.5. The van der Waals surface area contributed by atoms with Gasteiger partial charge in [-0.3, -0.25) is 9.59 Å². The first-order chi connectivity index (χ1) is 10.9. The van der Waals surface area contributed by atoms with Crippen LogP contribution in [-0.4, -0.2) is 43.0 Å². The Hall–Kier alpha value is -1.59. The fourth-order valence-corrected chi connectivity index (χ4v) is 2.74. The van der Waals surface area contributed by atoms with Crippen LogP contribution in [0.4, 0.5) is 0 Å². The third-order valence-corrected chi connectivity index (χ3v) is 4.16. The minimum Gasteiger partial charge on any atom is -0.378 e. The average Bonchev–Trinajstić information content (AvgIpc) is 2.53. The molecule has 2 amide bonds. The zero-order chi connectivity index (χ0) is 16.9. The number of carbonyl (C=O) groups is 2. The summed E-state index contributed by atoms with van der Waals surface area (Å²) in [5.41, 5.74) is 0.391. The van der Waals surface area contributed by atoms with E-state index < -0.39 is 5.54 Å². The van der Waals surface area contributed by atoms with Gasteiger partial charge in [0.15, 0.2) is 0 Å². The van der Waals surface area contributed by atoms with E-state index in [0.717, 1.165) is 5.56 Å². The monoisotopic (exact) mass is 338 g/mol. The summed E-state index contributed by atoms with van der Waals surface area (Å²) >= 11 is 6.00. The molecular weight excluding hydrogens is 316 g/mol. The summed E-state index contributed by atoms with van der Waals surface area (Å²) in [7, 11) is 0. The van der Waals surface area contributed by atoms with E-state index in [1.807, 2.05) is 32.0 Å². The van der Waals surface area contributed by atoms with Crippen molar-refractivity contribution in [1.29, 1.82) is 0 Å². The van der Waals surface area contributed by atoms with Crippen LogP contribution in [0.2, 0.25) is 5.02 Å². The number of carbonyl (C=O) groups excluding carboxylic acids is 2. The Morgan fingerprint density at radius 3 is 2.61 bits per heavy atom. The molecule has 0 unspecified atom stereocenters. The molecule has 126 valence electrons. The molecule has 1 aliphatic rings. The third-order valence-electron chi connectivity index (χ3n) is 3.93. The molecule has 6 heteroatoms. The summed E-state index contributed by atoms with van der Waals surface area (Å²) in [6.45, 7) is 6.18. The van der Waals surface area contributed by atoms with Crippen molar-refractivity contribution in [1.82, 2.24) is 10.2 Å². The first kappa shape index (κ1) is 17.8. The van der Waals surface area contributed by atoms with E-state index in [4.69, 9.17) is 16.3 Å². The van der Waals surface area contributed by atoms with Gasteiger partial charge in [-0.2, -0.15) is 0 Å². The van der Waals surface area contributed by atoms with Crippen LogP contribution in [0.15, 0.2) is 24.3 Å². The van der Waals surface area contributed by atoms with E-state index in [1.165, 1.54) is 0 Å². The van der Waals surface area contributed by atoms with Crippen LogP contribution in [0.5, 0.6) is 0 Å². The molecule has 0 saturated carbocycles. The molecule has 0 spiro atoms. The molecule has 1 saturated heterocycles. The van der Waals surface area contributed by atoms with Crippen molar-refractivity contribution in [3.05, 3.63) is 34.9 Å². The molecule has 0 aliphatic carbocycles. The maximum atomic E-state index is 12.2. The van der Waals surface area contributed by atoms with E-state index in [0.29, 0.717) is 31.3 Å². The fraction of sp³-hybridized carbons (Fsp3) is 0.529. The van der Waals surface area contributed by atoms with Crippen molar-refractivity contribution in [3.63, 3.8) is 0 Å². The van der Waals surface area contributed by atoms with E-state index in [2.05, 4.69) is 5.32 Å². The second-order valence-electron chi connectivity index (χ2n) is 6.18. The second kappa shape index (κ2) is 7.79. The normalized spacial score (nSPS) is 15.3. The van der Waals surface area contributed by atoms with Gasteiger partial charge < -0.3 is 15.0 Å². The quantitative estimate of drug-likeness (QED) is 0.896. The molecule has 0 aromatic heterocycles. The van der Waals surface area contributed by atoms with Crippen LogP contribution in [-0.2, 0) is 19.9 Å². The highest BCUT2D eigenvalue weighted by molar-refractivity contribution is 6.30. The summed E-state index contributed by atoms with van der Waals surface area (Å²) in [6.07, 6.45) is 0.400. The van der Waals surface area contributed by atoms with Crippen molar-refractivity contribution in [2.24, 2.45) is 0 Å². The maximum absolute atomic E-state index is 12.2. The lowest BCUT2D eigenvalue weighted by molar-refractivity contribution is -0.137. The summed E-state index contributed by atoms with van der Waals surface area (Å²) in [5.74, 6) is -0.138. The topological polar surface area (TPSA) is 58.6 Å². The number of rotatable bonds is 5. The molecule has 0 bridgehead atoms. The fourth-order valence-electron chi connectivity index (χ4n) is 2.55. The Morgan fingerprint density at radius 1 is 1.26 bits per heavy atom. The van der Waals surface area contributed by atoms with Crippen molar-refractivity contribution < 1.29 is 14.3 Å². The highest BCUT2D eigenvalue weighted by Gasteiger charge is 2.24. The van der Waals surface area contributed by atoms with Gasteiger partial charge in [0.25, 0.3) is 0 Å². The number of benzene rings is 1. The predicted octanol–water partition coefficient (Wildman–Crippen LogP) is 2.33. The second-order valence-corrected chi connectivity index (χ2v) is 6.61. The molecule has 1 aromatic carbocycles. The molecule has 1 heterocycles. The maximum Gasteiger partial charge on any atom is 0.223 e. The minimum absolute atomic E-state index is 0.00371. The number of hydrogen-bond donors (Lipinski definition) is 1. The van der Waals surface area contributed by atoms with Crippen LogP contribution in [0.25, 0.3) is 0 Å². The number of hydrogen-bond acceptors (Lipinski definition) is 3. The SMILES string of the molecule is CC(C)(NC(=O)CCC(=O)N1CCOCC1)c1cccc(Cl)c1. The largest absolute Gasteiger partial charge is 0.378 e. The van der Waals surface area contributed by atoms with E-state index in [1.54, 1.807) is 11.0 Å². The summed E-state index contributed by atoms with van der Waals surface area (Å²) in [6, 6.07) is 7.41. The molecular formula is C17H23ClN2O3. The minimum atomic E-state index is -0.538. The zero-order valence-corrected chi connectivity index (χ0v) is 14.4. The standard InChI is InChI=1S/C17H23ClN2O3/c1-17(2,13-4-3-5-14(18)12-13)19-15(21)6-7-16(22)20-8-10-23-11-9-20/h3-5,12H,6-11H2,1-2H3,(H,19,21). The number of nitrogens with zero attached hydrogens (tertiary/aromatic N) is 1. The van der Waals surface area contributed by atoms with Gasteiger partial charge in [0.1, 0.15) is 0 Å². The predicted molar refractivity (Wildman–Crippen MR) is 89.3 cm³/mol. The third kappa shape index (κ3) is 5.22. The Morgan fingerprint density at radius 2 is 1.96 bits per heavy atom. The molecule has 1 fully saturated rings. The number of amides is 2. The van der Waals surface area contributed by atoms with Crippen molar-refractivity contribution in [2.75, 3.05) is 26.3 Å². The van der Waals surface area contributed by atoms with Gasteiger partial charge in [-0.15, -0.1) is 0 Å². The van der Waals surface area contributed by atoms with Gasteiger partial charge in [-0.05, 0) is 31.5 Å². The summed E-state index contributed by atoms with van der Waals surface area (Å²) < 4.78 is 5.22. The highest BCUT2D eigenvalue weighted by Crippen LogP contribution is 2.23. The Labute approximate surface area is 141 Å². The number of morpholine rings is 1. The van der Waals surface area contributed by atoms with Crippen LogP contribution >= 0.6 is 11.6 Å². The number of nitrogens with one attached hydrogen (secondary N) is 1. The molecule has 1 aliphatic heterocycles. The molecule has 1 aromatic rings. The lowest BCUT2D eigenvalue weighted by Crippen LogP contribution is -2.43. The Bertz CT molecular complexity index is 569. The van der Waals surface area contributed by atoms with E-state index in [-0.39, 0.29) is 24.7 Å². The van der Waals surface area contributed by atoms with Crippen molar-refractivity contribution >= 4 is 23.4 Å². The molecule has 1 N–H and O–H groups in total. The van der Waals surface area contributed by atoms with Gasteiger partial charge in [0, 0.05) is 31.0 Å². The van der Waals surface area contributed by atoms with Gasteiger partial charge in [0.05, 0.1) is 18.8 Å². The first-order valence-electron chi connectivity index (χ1n) is 7.81. The van der Waals surface area contributed by atoms with E-state index in [9.17, 15) is 9.59 Å². The lowest BCUT2D eigenvalue weighted by Gasteiger charge is -2.28. The Balaban J connectivity index is 1.85. The Kier molecular flexibility index (Phi) is 6.02. The number of ether oxygens (including phenoxy) is 1.